The molecule has 0 radical (unpaired) electrons. The van der Waals surface area contributed by atoms with Crippen LogP contribution in [-0.4, -0.2) is 24.0 Å². The Kier molecular flexibility index (Phi) is 7.24. The van der Waals surface area contributed by atoms with Crippen molar-refractivity contribution in [2.45, 2.75) is 33.0 Å². The number of guanidine groups is 1. The van der Waals surface area contributed by atoms with Gasteiger partial charge in [-0.2, -0.15) is 13.2 Å². The molecule has 1 unspecified atom stereocenters. The Morgan fingerprint density at radius 3 is 2.72 bits per heavy atom. The maximum absolute atomic E-state index is 12.6. The van der Waals surface area contributed by atoms with E-state index in [9.17, 15) is 13.2 Å². The molecule has 1 atom stereocenters. The molecule has 0 aliphatic heterocycles. The van der Waals surface area contributed by atoms with Crippen LogP contribution in [0.3, 0.4) is 0 Å². The first-order valence-electron chi connectivity index (χ1n) is 7.94. The lowest BCUT2D eigenvalue weighted by Crippen LogP contribution is -2.39. The zero-order valence-electron chi connectivity index (χ0n) is 14.1. The van der Waals surface area contributed by atoms with Crippen molar-refractivity contribution in [3.8, 4) is 0 Å². The third-order valence-electron chi connectivity index (χ3n) is 3.31. The average molecular weight is 391 g/mol. The molecule has 2 rings (SSSR count). The number of halogens is 3. The van der Waals surface area contributed by atoms with Crippen LogP contribution in [0.15, 0.2) is 27.9 Å². The lowest BCUT2D eigenvalue weighted by Gasteiger charge is -2.15. The van der Waals surface area contributed by atoms with Crippen molar-refractivity contribution >= 4 is 28.6 Å². The predicted octanol–water partition coefficient (Wildman–Crippen LogP) is 4.16. The molecule has 0 fully saturated rings. The maximum Gasteiger partial charge on any atom is 0.434 e. The number of thiazole rings is 1. The Hall–Kier alpha value is -1.61. The van der Waals surface area contributed by atoms with E-state index in [1.807, 2.05) is 13.0 Å². The summed E-state index contributed by atoms with van der Waals surface area (Å²) in [4.78, 5) is 9.25. The number of hydrogen-bond acceptors (Lipinski definition) is 4. The highest BCUT2D eigenvalue weighted by atomic mass is 32.1. The van der Waals surface area contributed by atoms with Gasteiger partial charge in [-0.25, -0.2) is 9.98 Å². The molecule has 0 spiro atoms. The molecule has 0 aromatic carbocycles. The average Bonchev–Trinajstić information content (AvgIpc) is 3.21. The molecular weight excluding hydrogens is 369 g/mol. The second-order valence-corrected chi connectivity index (χ2v) is 7.56. The number of nitrogens with one attached hydrogen (secondary N) is 2. The van der Waals surface area contributed by atoms with Gasteiger partial charge >= 0.3 is 6.18 Å². The van der Waals surface area contributed by atoms with E-state index in [1.54, 1.807) is 11.3 Å². The SMILES string of the molecule is CCNC(=NCc1nc(C(F)(F)F)cs1)NCC(C)Cc1cccs1. The van der Waals surface area contributed by atoms with Crippen molar-refractivity contribution in [3.05, 3.63) is 38.5 Å². The van der Waals surface area contributed by atoms with Gasteiger partial charge in [-0.05, 0) is 30.7 Å². The minimum Gasteiger partial charge on any atom is -0.357 e. The van der Waals surface area contributed by atoms with Gasteiger partial charge in [0.1, 0.15) is 5.01 Å². The van der Waals surface area contributed by atoms with E-state index in [2.05, 4.69) is 39.0 Å². The highest BCUT2D eigenvalue weighted by Gasteiger charge is 2.33. The Labute approximate surface area is 153 Å². The Bertz CT molecular complexity index is 665. The van der Waals surface area contributed by atoms with Crippen LogP contribution in [0.2, 0.25) is 0 Å². The highest BCUT2D eigenvalue weighted by Crippen LogP contribution is 2.30. The number of hydrogen-bond donors (Lipinski definition) is 2. The van der Waals surface area contributed by atoms with Crippen molar-refractivity contribution in [2.24, 2.45) is 10.9 Å². The molecule has 2 heterocycles. The van der Waals surface area contributed by atoms with E-state index >= 15 is 0 Å². The molecule has 4 nitrogen and oxygen atoms in total. The lowest BCUT2D eigenvalue weighted by atomic mass is 10.1. The largest absolute Gasteiger partial charge is 0.434 e. The van der Waals surface area contributed by atoms with Crippen molar-refractivity contribution in [1.29, 1.82) is 0 Å². The fraction of sp³-hybridized carbons (Fsp3) is 0.500. The van der Waals surface area contributed by atoms with Gasteiger partial charge in [-0.15, -0.1) is 22.7 Å². The lowest BCUT2D eigenvalue weighted by molar-refractivity contribution is -0.140. The molecule has 0 saturated heterocycles. The summed E-state index contributed by atoms with van der Waals surface area (Å²) in [6.07, 6.45) is -3.43. The van der Waals surface area contributed by atoms with Crippen LogP contribution in [0.4, 0.5) is 13.2 Å². The van der Waals surface area contributed by atoms with Gasteiger partial charge in [-0.1, -0.05) is 13.0 Å². The molecule has 2 N–H and O–H groups in total. The second kappa shape index (κ2) is 9.19. The zero-order chi connectivity index (χ0) is 18.3. The summed E-state index contributed by atoms with van der Waals surface area (Å²) >= 11 is 2.71. The highest BCUT2D eigenvalue weighted by molar-refractivity contribution is 7.10. The van der Waals surface area contributed by atoms with E-state index < -0.39 is 11.9 Å². The third kappa shape index (κ3) is 6.66. The Morgan fingerprint density at radius 1 is 1.32 bits per heavy atom. The van der Waals surface area contributed by atoms with E-state index in [1.165, 1.54) is 4.88 Å². The molecule has 138 valence electrons. The van der Waals surface area contributed by atoms with Crippen molar-refractivity contribution < 1.29 is 13.2 Å². The topological polar surface area (TPSA) is 49.3 Å². The monoisotopic (exact) mass is 390 g/mol. The van der Waals surface area contributed by atoms with E-state index in [4.69, 9.17) is 0 Å². The van der Waals surface area contributed by atoms with Gasteiger partial charge in [-0.3, -0.25) is 0 Å². The van der Waals surface area contributed by atoms with Crippen LogP contribution < -0.4 is 10.6 Å². The van der Waals surface area contributed by atoms with Gasteiger partial charge < -0.3 is 10.6 Å². The van der Waals surface area contributed by atoms with Gasteiger partial charge in [0.05, 0.1) is 6.54 Å². The van der Waals surface area contributed by atoms with E-state index in [0.29, 0.717) is 23.4 Å². The fourth-order valence-electron chi connectivity index (χ4n) is 2.12. The van der Waals surface area contributed by atoms with Gasteiger partial charge in [0.25, 0.3) is 0 Å². The minimum atomic E-state index is -4.40. The molecule has 2 aromatic heterocycles. The molecular formula is C16H21F3N4S2. The quantitative estimate of drug-likeness (QED) is 0.551. The summed E-state index contributed by atoms with van der Waals surface area (Å²) in [5, 5.41) is 9.76. The normalized spacial score (nSPS) is 13.7. The standard InChI is InChI=1S/C16H21F3N4S2/c1-3-20-15(21-8-11(2)7-12-5-4-6-24-12)22-9-14-23-13(10-25-14)16(17,18)19/h4-6,10-11H,3,7-9H2,1-2H3,(H2,20,21,22). The molecule has 0 saturated carbocycles. The van der Waals surface area contributed by atoms with Crippen LogP contribution >= 0.6 is 22.7 Å². The van der Waals surface area contributed by atoms with E-state index in [-0.39, 0.29) is 6.54 Å². The predicted molar refractivity (Wildman–Crippen MR) is 97.1 cm³/mol. The number of thiophene rings is 1. The molecule has 9 heteroatoms. The zero-order valence-corrected chi connectivity index (χ0v) is 15.7. The Morgan fingerprint density at radius 2 is 2.12 bits per heavy atom. The minimum absolute atomic E-state index is 0.120. The summed E-state index contributed by atoms with van der Waals surface area (Å²) in [6, 6.07) is 4.15. The number of alkyl halides is 3. The van der Waals surface area contributed by atoms with Gasteiger partial charge in [0, 0.05) is 23.3 Å². The molecule has 0 amide bonds. The van der Waals surface area contributed by atoms with Crippen LogP contribution in [0.5, 0.6) is 0 Å². The van der Waals surface area contributed by atoms with Crippen molar-refractivity contribution in [2.75, 3.05) is 13.1 Å². The number of nitrogens with zero attached hydrogens (tertiary/aromatic N) is 2. The van der Waals surface area contributed by atoms with Crippen molar-refractivity contribution in [3.63, 3.8) is 0 Å². The Balaban J connectivity index is 1.88. The van der Waals surface area contributed by atoms with Crippen LogP contribution in [-0.2, 0) is 19.1 Å². The number of aliphatic imine (C=N–C) groups is 1. The third-order valence-corrected chi connectivity index (χ3v) is 5.04. The summed E-state index contributed by atoms with van der Waals surface area (Å²) in [5.74, 6) is 1.00. The first-order chi connectivity index (χ1) is 11.9. The van der Waals surface area contributed by atoms with Crippen LogP contribution in [0.1, 0.15) is 29.4 Å². The van der Waals surface area contributed by atoms with Gasteiger partial charge in [0.15, 0.2) is 11.7 Å². The first kappa shape index (κ1) is 19.7. The summed E-state index contributed by atoms with van der Waals surface area (Å²) < 4.78 is 37.7. The summed E-state index contributed by atoms with van der Waals surface area (Å²) in [6.45, 7) is 5.62. The molecule has 2 aromatic rings. The number of aromatic nitrogens is 1. The molecule has 0 aliphatic rings. The van der Waals surface area contributed by atoms with Crippen LogP contribution in [0, 0.1) is 5.92 Å². The summed E-state index contributed by atoms with van der Waals surface area (Å²) in [5.41, 5.74) is -0.856. The summed E-state index contributed by atoms with van der Waals surface area (Å²) in [7, 11) is 0. The van der Waals surface area contributed by atoms with E-state index in [0.717, 1.165) is 29.7 Å². The fourth-order valence-corrected chi connectivity index (χ4v) is 3.71. The molecule has 25 heavy (non-hydrogen) atoms. The van der Waals surface area contributed by atoms with Crippen LogP contribution in [0.25, 0.3) is 0 Å². The molecule has 0 aliphatic carbocycles. The number of rotatable bonds is 7. The first-order valence-corrected chi connectivity index (χ1v) is 9.70. The maximum atomic E-state index is 12.6. The smallest absolute Gasteiger partial charge is 0.357 e. The second-order valence-electron chi connectivity index (χ2n) is 5.59. The molecule has 0 bridgehead atoms. The van der Waals surface area contributed by atoms with Gasteiger partial charge in [0.2, 0.25) is 0 Å². The van der Waals surface area contributed by atoms with Crippen molar-refractivity contribution in [1.82, 2.24) is 15.6 Å².